The van der Waals surface area contributed by atoms with E-state index < -0.39 is 11.7 Å². The monoisotopic (exact) mass is 458 g/mol. The number of fused-ring (bicyclic) bond motifs is 2. The first-order valence-electron chi connectivity index (χ1n) is 10.2. The molecule has 5 rings (SSSR count). The van der Waals surface area contributed by atoms with Gasteiger partial charge in [0.2, 0.25) is 0 Å². The zero-order chi connectivity index (χ0) is 22.6. The Morgan fingerprint density at radius 3 is 2.50 bits per heavy atom. The molecule has 0 amide bonds. The minimum atomic E-state index is -4.40. The maximum atomic E-state index is 13.4. The first-order valence-corrected chi connectivity index (χ1v) is 10.6. The maximum absolute atomic E-state index is 13.4. The van der Waals surface area contributed by atoms with Crippen LogP contribution in [0, 0.1) is 0 Å². The lowest BCUT2D eigenvalue weighted by atomic mass is 10.0. The summed E-state index contributed by atoms with van der Waals surface area (Å²) >= 11 is 6.02. The number of benzene rings is 2. The van der Waals surface area contributed by atoms with Crippen LogP contribution in [0.1, 0.15) is 35.4 Å². The molecule has 0 saturated carbocycles. The van der Waals surface area contributed by atoms with E-state index in [0.717, 1.165) is 11.6 Å². The number of hydrogen-bond acceptors (Lipinski definition) is 3. The van der Waals surface area contributed by atoms with Gasteiger partial charge < -0.3 is 4.57 Å². The molecule has 0 aliphatic heterocycles. The molecule has 2 aromatic heterocycles. The van der Waals surface area contributed by atoms with Crippen LogP contribution < -0.4 is 5.56 Å². The molecular weight excluding hydrogens is 441 g/mol. The largest absolute Gasteiger partial charge is 0.416 e. The number of imidazole rings is 1. The Morgan fingerprint density at radius 2 is 1.81 bits per heavy atom. The lowest BCUT2D eigenvalue weighted by molar-refractivity contribution is -0.137. The van der Waals surface area contributed by atoms with Gasteiger partial charge in [-0.15, -0.1) is 0 Å². The predicted octanol–water partition coefficient (Wildman–Crippen LogP) is 5.16. The molecule has 2 aromatic carbocycles. The fourth-order valence-electron chi connectivity index (χ4n) is 4.33. The quantitative estimate of drug-likeness (QED) is 0.426. The van der Waals surface area contributed by atoms with E-state index in [0.29, 0.717) is 47.1 Å². The van der Waals surface area contributed by atoms with Crippen LogP contribution in [0.15, 0.2) is 53.6 Å². The molecule has 1 aliphatic rings. The molecule has 0 N–H and O–H groups in total. The summed E-state index contributed by atoms with van der Waals surface area (Å²) in [6, 6.07) is 10.6. The average Bonchev–Trinajstić information content (AvgIpc) is 3.37. The van der Waals surface area contributed by atoms with Gasteiger partial charge in [-0.1, -0.05) is 17.7 Å². The van der Waals surface area contributed by atoms with Gasteiger partial charge in [0.25, 0.3) is 5.56 Å². The van der Waals surface area contributed by atoms with Crippen LogP contribution in [0.5, 0.6) is 0 Å². The van der Waals surface area contributed by atoms with E-state index >= 15 is 0 Å². The molecule has 0 fully saturated rings. The highest BCUT2D eigenvalue weighted by atomic mass is 35.5. The number of halogens is 4. The fourth-order valence-corrected chi connectivity index (χ4v) is 4.46. The van der Waals surface area contributed by atoms with Crippen LogP contribution in [0.2, 0.25) is 5.02 Å². The van der Waals surface area contributed by atoms with Crippen LogP contribution in [0.25, 0.3) is 16.9 Å². The molecular formula is C23H18ClF3N4O. The zero-order valence-electron chi connectivity index (χ0n) is 17.0. The van der Waals surface area contributed by atoms with E-state index in [-0.39, 0.29) is 17.0 Å². The second-order valence-corrected chi connectivity index (χ2v) is 8.31. The third-order valence-corrected chi connectivity index (χ3v) is 6.17. The Kier molecular flexibility index (Phi) is 4.85. The molecule has 4 aromatic rings. The van der Waals surface area contributed by atoms with Crippen molar-refractivity contribution in [3.63, 3.8) is 0 Å². The zero-order valence-corrected chi connectivity index (χ0v) is 17.8. The van der Waals surface area contributed by atoms with E-state index in [9.17, 15) is 18.0 Å². The van der Waals surface area contributed by atoms with Crippen molar-refractivity contribution in [1.29, 1.82) is 0 Å². The molecule has 1 atom stereocenters. The van der Waals surface area contributed by atoms with Gasteiger partial charge in [0.1, 0.15) is 5.82 Å². The average molecular weight is 459 g/mol. The lowest BCUT2D eigenvalue weighted by Crippen LogP contribution is -2.26. The molecule has 1 unspecified atom stereocenters. The van der Waals surface area contributed by atoms with Crippen LogP contribution in [-0.4, -0.2) is 19.1 Å². The highest BCUT2D eigenvalue weighted by Gasteiger charge is 2.34. The molecule has 0 radical (unpaired) electrons. The van der Waals surface area contributed by atoms with Crippen LogP contribution in [0.4, 0.5) is 13.2 Å². The van der Waals surface area contributed by atoms with Crippen molar-refractivity contribution in [2.75, 3.05) is 0 Å². The fraction of sp³-hybridized carbons (Fsp3) is 0.261. The summed E-state index contributed by atoms with van der Waals surface area (Å²) < 4.78 is 42.9. The van der Waals surface area contributed by atoms with Crippen LogP contribution in [-0.2, 0) is 25.6 Å². The summed E-state index contributed by atoms with van der Waals surface area (Å²) in [6.45, 7) is 2.52. The van der Waals surface area contributed by atoms with Crippen molar-refractivity contribution < 1.29 is 13.2 Å². The number of aryl methyl sites for hydroxylation is 1. The van der Waals surface area contributed by atoms with Crippen molar-refractivity contribution in [2.45, 2.75) is 38.4 Å². The standard InChI is InChI=1S/C23H18ClF3N4O/c1-2-30-12-28-19-21(30)29-20(31(22(19)32)18-7-5-17(24)6-8-18)15-9-13-3-4-16(23(25,26)27)11-14(13)10-15/h3-8,11-12,15H,2,9-10H2,1H3. The summed E-state index contributed by atoms with van der Waals surface area (Å²) in [5.41, 5.74) is 1.80. The van der Waals surface area contributed by atoms with Gasteiger partial charge >= 0.3 is 6.18 Å². The smallest absolute Gasteiger partial charge is 0.315 e. The number of alkyl halides is 3. The van der Waals surface area contributed by atoms with Gasteiger partial charge in [-0.25, -0.2) is 9.97 Å². The summed E-state index contributed by atoms with van der Waals surface area (Å²) in [6.07, 6.45) is -1.96. The number of rotatable bonds is 3. The summed E-state index contributed by atoms with van der Waals surface area (Å²) in [5, 5.41) is 0.528. The highest BCUT2D eigenvalue weighted by Crippen LogP contribution is 2.38. The van der Waals surface area contributed by atoms with Gasteiger partial charge in [0.05, 0.1) is 17.6 Å². The number of hydrogen-bond donors (Lipinski definition) is 0. The van der Waals surface area contributed by atoms with E-state index in [1.54, 1.807) is 35.2 Å². The SMILES string of the molecule is CCn1cnc2c(=O)n(-c3ccc(Cl)cc3)c(C3Cc4ccc(C(F)(F)F)cc4C3)nc21. The van der Waals surface area contributed by atoms with E-state index in [4.69, 9.17) is 16.6 Å². The molecule has 9 heteroatoms. The van der Waals surface area contributed by atoms with Gasteiger partial charge in [0, 0.05) is 17.5 Å². The van der Waals surface area contributed by atoms with Crippen molar-refractivity contribution in [3.8, 4) is 5.69 Å². The maximum Gasteiger partial charge on any atom is 0.416 e. The molecule has 5 nitrogen and oxygen atoms in total. The molecule has 164 valence electrons. The third kappa shape index (κ3) is 3.39. The molecule has 1 aliphatic carbocycles. The third-order valence-electron chi connectivity index (χ3n) is 5.92. The van der Waals surface area contributed by atoms with Gasteiger partial charge in [-0.05, 0) is 67.3 Å². The summed E-state index contributed by atoms with van der Waals surface area (Å²) in [5.74, 6) is 0.256. The Labute approximate surface area is 186 Å². The van der Waals surface area contributed by atoms with Gasteiger partial charge in [0.15, 0.2) is 11.2 Å². The number of aromatic nitrogens is 4. The first kappa shape index (κ1) is 20.8. The van der Waals surface area contributed by atoms with E-state index in [1.807, 2.05) is 6.92 Å². The minimum Gasteiger partial charge on any atom is -0.315 e. The minimum absolute atomic E-state index is 0.249. The van der Waals surface area contributed by atoms with E-state index in [1.165, 1.54) is 16.7 Å². The Morgan fingerprint density at radius 1 is 1.09 bits per heavy atom. The van der Waals surface area contributed by atoms with Crippen molar-refractivity contribution in [1.82, 2.24) is 19.1 Å². The van der Waals surface area contributed by atoms with Crippen LogP contribution >= 0.6 is 11.6 Å². The normalized spacial score (nSPS) is 16.0. The van der Waals surface area contributed by atoms with Crippen LogP contribution in [0.3, 0.4) is 0 Å². The lowest BCUT2D eigenvalue weighted by Gasteiger charge is -2.17. The topological polar surface area (TPSA) is 52.7 Å². The Balaban J connectivity index is 1.68. The molecule has 32 heavy (non-hydrogen) atoms. The van der Waals surface area contributed by atoms with Crippen molar-refractivity contribution in [2.24, 2.45) is 0 Å². The van der Waals surface area contributed by atoms with Gasteiger partial charge in [-0.3, -0.25) is 9.36 Å². The van der Waals surface area contributed by atoms with Crippen molar-refractivity contribution >= 4 is 22.8 Å². The molecule has 0 saturated heterocycles. The second kappa shape index (κ2) is 7.48. The van der Waals surface area contributed by atoms with Gasteiger partial charge in [-0.2, -0.15) is 13.2 Å². The second-order valence-electron chi connectivity index (χ2n) is 7.88. The summed E-state index contributed by atoms with van der Waals surface area (Å²) in [7, 11) is 0. The Hall–Kier alpha value is -3.13. The molecule has 2 heterocycles. The predicted molar refractivity (Wildman–Crippen MR) is 115 cm³/mol. The highest BCUT2D eigenvalue weighted by molar-refractivity contribution is 6.30. The molecule has 0 bridgehead atoms. The van der Waals surface area contributed by atoms with E-state index in [2.05, 4.69) is 4.98 Å². The first-order chi connectivity index (χ1) is 15.3. The van der Waals surface area contributed by atoms with Crippen molar-refractivity contribution in [3.05, 3.63) is 86.7 Å². The number of nitrogens with zero attached hydrogens (tertiary/aromatic N) is 4. The Bertz CT molecular complexity index is 1390. The molecule has 0 spiro atoms. The summed E-state index contributed by atoms with van der Waals surface area (Å²) in [4.78, 5) is 22.5.